The number of nitrogens with zero attached hydrogens (tertiary/aromatic N) is 3. The van der Waals surface area contributed by atoms with Gasteiger partial charge in [0.15, 0.2) is 5.69 Å². The second kappa shape index (κ2) is 5.03. The van der Waals surface area contributed by atoms with Crippen LogP contribution >= 0.6 is 0 Å². The van der Waals surface area contributed by atoms with E-state index in [1.807, 2.05) is 20.8 Å². The molecule has 1 atom stereocenters. The van der Waals surface area contributed by atoms with E-state index in [4.69, 9.17) is 0 Å². The van der Waals surface area contributed by atoms with Gasteiger partial charge in [-0.3, -0.25) is 0 Å². The van der Waals surface area contributed by atoms with Gasteiger partial charge >= 0.3 is 0 Å². The van der Waals surface area contributed by atoms with Gasteiger partial charge in [0.25, 0.3) is 5.92 Å². The molecule has 2 rings (SSSR count). The lowest BCUT2D eigenvalue weighted by Gasteiger charge is -2.34. The summed E-state index contributed by atoms with van der Waals surface area (Å²) >= 11 is 0. The van der Waals surface area contributed by atoms with Crippen molar-refractivity contribution < 1.29 is 8.78 Å². The first-order valence-electron chi connectivity index (χ1n) is 7.76. The van der Waals surface area contributed by atoms with Gasteiger partial charge in [0.1, 0.15) is 0 Å². The minimum Gasteiger partial charge on any atom is -0.244 e. The molecule has 1 aliphatic carbocycles. The zero-order valence-electron chi connectivity index (χ0n) is 14.0. The lowest BCUT2D eigenvalue weighted by molar-refractivity contribution is -0.0323. The number of hydrogen-bond acceptors (Lipinski definition) is 2. The molecule has 0 saturated carbocycles. The topological polar surface area (TPSA) is 30.7 Å². The summed E-state index contributed by atoms with van der Waals surface area (Å²) in [6, 6.07) is 0. The van der Waals surface area contributed by atoms with E-state index in [1.165, 1.54) is 0 Å². The highest BCUT2D eigenvalue weighted by atomic mass is 19.3. The van der Waals surface area contributed by atoms with Crippen molar-refractivity contribution in [1.29, 1.82) is 0 Å². The van der Waals surface area contributed by atoms with Gasteiger partial charge in [0, 0.05) is 6.42 Å². The first-order valence-corrected chi connectivity index (χ1v) is 7.76. The highest BCUT2D eigenvalue weighted by Crippen LogP contribution is 2.43. The van der Waals surface area contributed by atoms with Crippen LogP contribution in [0, 0.1) is 11.3 Å². The molecule has 0 N–H and O–H groups in total. The molecule has 3 nitrogen and oxygen atoms in total. The summed E-state index contributed by atoms with van der Waals surface area (Å²) in [7, 11) is 0. The summed E-state index contributed by atoms with van der Waals surface area (Å²) in [6.07, 6.45) is 1.94. The Morgan fingerprint density at radius 1 is 1.10 bits per heavy atom. The maximum Gasteiger partial charge on any atom is 0.293 e. The number of fused-ring (bicyclic) bond motifs is 1. The molecular weight excluding hydrogens is 272 g/mol. The molecule has 120 valence electrons. The molecule has 0 radical (unpaired) electrons. The summed E-state index contributed by atoms with van der Waals surface area (Å²) in [5, 5.41) is 7.85. The van der Waals surface area contributed by atoms with E-state index < -0.39 is 5.92 Å². The van der Waals surface area contributed by atoms with Crippen LogP contribution in [0.5, 0.6) is 0 Å². The second-order valence-electron chi connectivity index (χ2n) is 8.31. The highest BCUT2D eigenvalue weighted by molar-refractivity contribution is 5.19. The minimum atomic E-state index is -2.87. The molecule has 0 spiro atoms. The van der Waals surface area contributed by atoms with Crippen molar-refractivity contribution in [1.82, 2.24) is 15.0 Å². The molecule has 5 heteroatoms. The fraction of sp³-hybridized carbons (Fsp3) is 0.875. The molecule has 1 unspecified atom stereocenters. The maximum atomic E-state index is 14.5. The third-order valence-electron chi connectivity index (χ3n) is 4.51. The van der Waals surface area contributed by atoms with Gasteiger partial charge in [-0.1, -0.05) is 26.0 Å². The predicted molar refractivity (Wildman–Crippen MR) is 79.4 cm³/mol. The maximum absolute atomic E-state index is 14.5. The van der Waals surface area contributed by atoms with Crippen LogP contribution in [0.15, 0.2) is 0 Å². The van der Waals surface area contributed by atoms with Crippen LogP contribution in [0.1, 0.15) is 72.2 Å². The van der Waals surface area contributed by atoms with Gasteiger partial charge in [0.2, 0.25) is 0 Å². The molecule has 0 aliphatic heterocycles. The minimum absolute atomic E-state index is 0.0492. The van der Waals surface area contributed by atoms with E-state index in [0.29, 0.717) is 24.5 Å². The van der Waals surface area contributed by atoms with Crippen molar-refractivity contribution in [2.24, 2.45) is 11.3 Å². The number of halogens is 2. The van der Waals surface area contributed by atoms with Crippen LogP contribution in [0.4, 0.5) is 8.78 Å². The molecule has 21 heavy (non-hydrogen) atoms. The lowest BCUT2D eigenvalue weighted by Crippen LogP contribution is -2.30. The van der Waals surface area contributed by atoms with Gasteiger partial charge < -0.3 is 0 Å². The van der Waals surface area contributed by atoms with Gasteiger partial charge in [-0.25, -0.2) is 4.68 Å². The Kier molecular flexibility index (Phi) is 3.92. The first kappa shape index (κ1) is 16.4. The smallest absolute Gasteiger partial charge is 0.244 e. The zero-order chi connectivity index (χ0) is 16.1. The van der Waals surface area contributed by atoms with Crippen molar-refractivity contribution in [3.63, 3.8) is 0 Å². The van der Waals surface area contributed by atoms with Crippen LogP contribution in [0.25, 0.3) is 0 Å². The van der Waals surface area contributed by atoms with Gasteiger partial charge in [-0.2, -0.15) is 8.78 Å². The third-order valence-corrected chi connectivity index (χ3v) is 4.51. The quantitative estimate of drug-likeness (QED) is 0.705. The zero-order valence-corrected chi connectivity index (χ0v) is 14.0. The fourth-order valence-corrected chi connectivity index (χ4v) is 3.14. The molecule has 0 saturated heterocycles. The van der Waals surface area contributed by atoms with Crippen LogP contribution in [0.2, 0.25) is 0 Å². The number of hydrogen-bond donors (Lipinski definition) is 0. The van der Waals surface area contributed by atoms with Crippen LogP contribution in [-0.2, 0) is 17.9 Å². The molecule has 1 aromatic heterocycles. The molecule has 1 aliphatic rings. The summed E-state index contributed by atoms with van der Waals surface area (Å²) in [5.74, 6) is -2.58. The molecule has 0 aromatic carbocycles. The van der Waals surface area contributed by atoms with Crippen molar-refractivity contribution in [2.45, 2.75) is 78.7 Å². The van der Waals surface area contributed by atoms with Crippen LogP contribution in [-0.4, -0.2) is 15.0 Å². The van der Waals surface area contributed by atoms with Crippen molar-refractivity contribution in [3.05, 3.63) is 11.4 Å². The van der Waals surface area contributed by atoms with Crippen molar-refractivity contribution in [2.75, 3.05) is 0 Å². The number of alkyl halides is 2. The van der Waals surface area contributed by atoms with Crippen LogP contribution < -0.4 is 0 Å². The van der Waals surface area contributed by atoms with E-state index in [0.717, 1.165) is 6.42 Å². The number of aromatic nitrogens is 3. The van der Waals surface area contributed by atoms with Gasteiger partial charge in [0.05, 0.1) is 11.2 Å². The molecule has 0 amide bonds. The monoisotopic (exact) mass is 299 g/mol. The predicted octanol–water partition coefficient (Wildman–Crippen LogP) is 4.51. The Hall–Kier alpha value is -1.00. The molecule has 0 fully saturated rings. The summed E-state index contributed by atoms with van der Waals surface area (Å²) in [6.45, 7) is 12.3. The summed E-state index contributed by atoms with van der Waals surface area (Å²) in [4.78, 5) is 0. The normalized spacial score (nSPS) is 23.3. The average molecular weight is 299 g/mol. The van der Waals surface area contributed by atoms with Crippen molar-refractivity contribution in [3.8, 4) is 0 Å². The summed E-state index contributed by atoms with van der Waals surface area (Å²) in [5.41, 5.74) is 0.229. The lowest BCUT2D eigenvalue weighted by atomic mass is 9.73. The Bertz CT molecular complexity index is 507. The number of rotatable bonds is 0. The van der Waals surface area contributed by atoms with E-state index in [2.05, 4.69) is 31.1 Å². The Labute approximate surface area is 126 Å². The van der Waals surface area contributed by atoms with Crippen molar-refractivity contribution >= 4 is 0 Å². The Morgan fingerprint density at radius 3 is 2.24 bits per heavy atom. The van der Waals surface area contributed by atoms with Crippen LogP contribution in [0.3, 0.4) is 0 Å². The fourth-order valence-electron chi connectivity index (χ4n) is 3.14. The molecule has 0 bridgehead atoms. The summed E-state index contributed by atoms with van der Waals surface area (Å²) < 4.78 is 30.7. The third kappa shape index (κ3) is 3.27. The first-order chi connectivity index (χ1) is 9.43. The standard InChI is InChI=1S/C16H27F2N3/c1-14(2,3)11-7-8-12-13(16(17,18)10-9-11)19-20-21(12)15(4,5)6/h11H,7-10H2,1-6H3. The van der Waals surface area contributed by atoms with E-state index >= 15 is 0 Å². The Balaban J connectivity index is 2.43. The van der Waals surface area contributed by atoms with E-state index in [9.17, 15) is 8.78 Å². The van der Waals surface area contributed by atoms with E-state index in [-0.39, 0.29) is 23.1 Å². The highest BCUT2D eigenvalue weighted by Gasteiger charge is 2.42. The molecule has 1 heterocycles. The SMILES string of the molecule is CC(C)(C)C1CCc2c(nnn2C(C)(C)C)C(F)(F)CC1. The second-order valence-corrected chi connectivity index (χ2v) is 8.31. The average Bonchev–Trinajstić information content (AvgIpc) is 2.68. The van der Waals surface area contributed by atoms with E-state index in [1.54, 1.807) is 4.68 Å². The van der Waals surface area contributed by atoms with Gasteiger partial charge in [-0.15, -0.1) is 5.10 Å². The molecular formula is C16H27F2N3. The Morgan fingerprint density at radius 2 is 1.71 bits per heavy atom. The molecule has 1 aromatic rings. The van der Waals surface area contributed by atoms with Gasteiger partial charge in [-0.05, 0) is 51.4 Å². The largest absolute Gasteiger partial charge is 0.293 e.